The molecule has 0 atom stereocenters. The molecule has 3 rings (SSSR count). The lowest BCUT2D eigenvalue weighted by atomic mass is 10.1. The molecule has 0 saturated heterocycles. The van der Waals surface area contributed by atoms with Crippen molar-refractivity contribution in [2.45, 2.75) is 13.5 Å². The molecule has 7 heteroatoms. The Labute approximate surface area is 145 Å². The van der Waals surface area contributed by atoms with Crippen molar-refractivity contribution in [3.05, 3.63) is 41.5 Å². The van der Waals surface area contributed by atoms with Gasteiger partial charge in [0.1, 0.15) is 5.75 Å². The van der Waals surface area contributed by atoms with Crippen LogP contribution >= 0.6 is 0 Å². The number of benzene rings is 2. The zero-order valence-electron chi connectivity index (χ0n) is 14.5. The molecule has 1 aliphatic rings. The highest BCUT2D eigenvalue weighted by Crippen LogP contribution is 2.40. The first-order chi connectivity index (χ1) is 12.0. The van der Waals surface area contributed by atoms with Crippen LogP contribution in [0.5, 0.6) is 11.5 Å². The lowest BCUT2D eigenvalue weighted by molar-refractivity contribution is 0.337. The molecule has 0 bridgehead atoms. The summed E-state index contributed by atoms with van der Waals surface area (Å²) >= 11 is 0. The predicted octanol–water partition coefficient (Wildman–Crippen LogP) is 3.80. The van der Waals surface area contributed by atoms with Crippen molar-refractivity contribution < 1.29 is 18.3 Å². The molecule has 2 aromatic carbocycles. The minimum absolute atomic E-state index is 0.337. The molecule has 0 fully saturated rings. The normalized spacial score (nSPS) is 12.6. The topological polar surface area (TPSA) is 45.8 Å². The van der Waals surface area contributed by atoms with E-state index in [4.69, 9.17) is 9.47 Å². The smallest absolute Gasteiger partial charge is 0.190 e. The third-order valence-corrected chi connectivity index (χ3v) is 4.10. The van der Waals surface area contributed by atoms with Crippen LogP contribution in [0.1, 0.15) is 12.5 Å². The number of hydrogen-bond donors (Lipinski definition) is 2. The van der Waals surface area contributed by atoms with Crippen LogP contribution in [0.2, 0.25) is 0 Å². The summed E-state index contributed by atoms with van der Waals surface area (Å²) < 4.78 is 38.2. The molecule has 0 amide bonds. The van der Waals surface area contributed by atoms with Gasteiger partial charge in [0, 0.05) is 37.0 Å². The number of hydrogen-bond acceptors (Lipinski definition) is 5. The largest absolute Gasteiger partial charge is 0.493 e. The third kappa shape index (κ3) is 3.26. The standard InChI is InChI=1S/C18H21F2N3O2/c1-4-25-16-6-5-15-17(23(2)10-22-15)12(16)9-21-11-7-13(19)18(24-3)14(20)8-11/h5-8,21-22H,4,9-10H2,1-3H3. The molecule has 1 aliphatic heterocycles. The maximum Gasteiger partial charge on any atom is 0.190 e. The SMILES string of the molecule is CCOc1ccc2c(c1CNc1cc(F)c(OC)c(F)c1)N(C)CN2. The maximum absolute atomic E-state index is 13.9. The Morgan fingerprint density at radius 1 is 1.24 bits per heavy atom. The van der Waals surface area contributed by atoms with Crippen LogP contribution in [0.25, 0.3) is 0 Å². The maximum atomic E-state index is 13.9. The number of rotatable bonds is 6. The van der Waals surface area contributed by atoms with Gasteiger partial charge in [-0.25, -0.2) is 8.78 Å². The van der Waals surface area contributed by atoms with Crippen molar-refractivity contribution >= 4 is 17.1 Å². The number of methoxy groups -OCH3 is 1. The van der Waals surface area contributed by atoms with Crippen molar-refractivity contribution in [3.8, 4) is 11.5 Å². The van der Waals surface area contributed by atoms with Gasteiger partial charge in [-0.3, -0.25) is 0 Å². The first-order valence-corrected chi connectivity index (χ1v) is 8.05. The summed E-state index contributed by atoms with van der Waals surface area (Å²) in [5.41, 5.74) is 3.30. The minimum atomic E-state index is -0.743. The second kappa shape index (κ2) is 7.04. The summed E-state index contributed by atoms with van der Waals surface area (Å²) in [5, 5.41) is 6.37. The highest BCUT2D eigenvalue weighted by atomic mass is 19.1. The molecule has 1 heterocycles. The summed E-state index contributed by atoms with van der Waals surface area (Å²) in [6.07, 6.45) is 0. The van der Waals surface area contributed by atoms with Gasteiger partial charge in [-0.15, -0.1) is 0 Å². The second-order valence-electron chi connectivity index (χ2n) is 5.73. The molecule has 134 valence electrons. The quantitative estimate of drug-likeness (QED) is 0.831. The predicted molar refractivity (Wildman–Crippen MR) is 94.7 cm³/mol. The fourth-order valence-electron chi connectivity index (χ4n) is 2.99. The van der Waals surface area contributed by atoms with E-state index in [1.807, 2.05) is 26.1 Å². The molecule has 2 N–H and O–H groups in total. The van der Waals surface area contributed by atoms with Gasteiger partial charge in [-0.1, -0.05) is 0 Å². The molecule has 0 unspecified atom stereocenters. The molecular formula is C18H21F2N3O2. The number of halogens is 2. The molecule has 5 nitrogen and oxygen atoms in total. The van der Waals surface area contributed by atoms with Gasteiger partial charge < -0.3 is 25.0 Å². The average molecular weight is 349 g/mol. The van der Waals surface area contributed by atoms with Crippen LogP contribution in [0.15, 0.2) is 24.3 Å². The monoisotopic (exact) mass is 349 g/mol. The van der Waals surface area contributed by atoms with Crippen molar-refractivity contribution in [3.63, 3.8) is 0 Å². The van der Waals surface area contributed by atoms with Gasteiger partial charge in [0.05, 0.1) is 31.8 Å². The molecule has 0 aromatic heterocycles. The van der Waals surface area contributed by atoms with Gasteiger partial charge in [0.2, 0.25) is 0 Å². The van der Waals surface area contributed by atoms with Crippen molar-refractivity contribution in [2.24, 2.45) is 0 Å². The molecule has 0 spiro atoms. The van der Waals surface area contributed by atoms with Gasteiger partial charge in [0.25, 0.3) is 0 Å². The minimum Gasteiger partial charge on any atom is -0.493 e. The van der Waals surface area contributed by atoms with E-state index in [1.54, 1.807) is 0 Å². The van der Waals surface area contributed by atoms with Crippen LogP contribution in [-0.4, -0.2) is 27.4 Å². The Morgan fingerprint density at radius 2 is 1.96 bits per heavy atom. The van der Waals surface area contributed by atoms with Gasteiger partial charge >= 0.3 is 0 Å². The zero-order chi connectivity index (χ0) is 18.0. The highest BCUT2D eigenvalue weighted by molar-refractivity contribution is 5.80. The Morgan fingerprint density at radius 3 is 2.60 bits per heavy atom. The Hall–Kier alpha value is -2.70. The lowest BCUT2D eigenvalue weighted by Gasteiger charge is -2.19. The zero-order valence-corrected chi connectivity index (χ0v) is 14.5. The molecule has 25 heavy (non-hydrogen) atoms. The van der Waals surface area contributed by atoms with E-state index in [2.05, 4.69) is 15.5 Å². The number of fused-ring (bicyclic) bond motifs is 1. The van der Waals surface area contributed by atoms with Crippen LogP contribution < -0.4 is 25.0 Å². The van der Waals surface area contributed by atoms with E-state index < -0.39 is 11.6 Å². The lowest BCUT2D eigenvalue weighted by Crippen LogP contribution is -2.18. The van der Waals surface area contributed by atoms with Gasteiger partial charge in [-0.05, 0) is 19.1 Å². The van der Waals surface area contributed by atoms with Crippen molar-refractivity contribution in [2.75, 3.05) is 43.0 Å². The number of anilines is 3. The van der Waals surface area contributed by atoms with Crippen molar-refractivity contribution in [1.82, 2.24) is 0 Å². The van der Waals surface area contributed by atoms with E-state index in [-0.39, 0.29) is 5.75 Å². The highest BCUT2D eigenvalue weighted by Gasteiger charge is 2.22. The number of nitrogens with one attached hydrogen (secondary N) is 2. The van der Waals surface area contributed by atoms with E-state index in [1.165, 1.54) is 19.2 Å². The third-order valence-electron chi connectivity index (χ3n) is 4.10. The van der Waals surface area contributed by atoms with Gasteiger partial charge in [0.15, 0.2) is 17.4 Å². The van der Waals surface area contributed by atoms with E-state index in [0.29, 0.717) is 25.5 Å². The molecule has 0 aliphatic carbocycles. The fraction of sp³-hybridized carbons (Fsp3) is 0.333. The summed E-state index contributed by atoms with van der Waals surface area (Å²) in [6, 6.07) is 6.31. The molecule has 0 saturated carbocycles. The van der Waals surface area contributed by atoms with E-state index in [9.17, 15) is 8.78 Å². The Balaban J connectivity index is 1.89. The van der Waals surface area contributed by atoms with E-state index >= 15 is 0 Å². The van der Waals surface area contributed by atoms with Gasteiger partial charge in [-0.2, -0.15) is 0 Å². The summed E-state index contributed by atoms with van der Waals surface area (Å²) in [5.74, 6) is -1.12. The summed E-state index contributed by atoms with van der Waals surface area (Å²) in [4.78, 5) is 2.07. The number of ether oxygens (including phenoxy) is 2. The number of nitrogens with zero attached hydrogens (tertiary/aromatic N) is 1. The first-order valence-electron chi connectivity index (χ1n) is 8.05. The van der Waals surface area contributed by atoms with Crippen LogP contribution in [0, 0.1) is 11.6 Å². The Kier molecular flexibility index (Phi) is 4.83. The van der Waals surface area contributed by atoms with Crippen molar-refractivity contribution in [1.29, 1.82) is 0 Å². The molecule has 0 radical (unpaired) electrons. The fourth-order valence-corrected chi connectivity index (χ4v) is 2.99. The van der Waals surface area contributed by atoms with E-state index in [0.717, 1.165) is 22.7 Å². The first kappa shape index (κ1) is 17.1. The summed E-state index contributed by atoms with van der Waals surface area (Å²) in [6.45, 7) is 3.52. The second-order valence-corrected chi connectivity index (χ2v) is 5.73. The molecular weight excluding hydrogens is 328 g/mol. The summed E-state index contributed by atoms with van der Waals surface area (Å²) in [7, 11) is 3.21. The van der Waals surface area contributed by atoms with Crippen LogP contribution in [0.4, 0.5) is 25.8 Å². The van der Waals surface area contributed by atoms with Crippen LogP contribution in [0.3, 0.4) is 0 Å². The van der Waals surface area contributed by atoms with Crippen LogP contribution in [-0.2, 0) is 6.54 Å². The average Bonchev–Trinajstić information content (AvgIpc) is 2.95. The Bertz CT molecular complexity index is 760. The molecule has 2 aromatic rings.